The second kappa shape index (κ2) is 9.83. The average Bonchev–Trinajstić information content (AvgIpc) is 2.79. The number of piperidine rings is 1. The Kier molecular flexibility index (Phi) is 7.10. The van der Waals surface area contributed by atoms with Crippen LogP contribution in [0, 0.1) is 17.0 Å². The van der Waals surface area contributed by atoms with Crippen molar-refractivity contribution >= 4 is 17.9 Å². The second-order valence-electron chi connectivity index (χ2n) is 9.57. The number of carbonyl (C=O) groups excluding carboxylic acids is 2. The Bertz CT molecular complexity index is 804. The van der Waals surface area contributed by atoms with Crippen molar-refractivity contribution in [3.63, 3.8) is 0 Å². The van der Waals surface area contributed by atoms with Crippen molar-refractivity contribution in [2.75, 3.05) is 51.2 Å². The predicted molar refractivity (Wildman–Crippen MR) is 120 cm³/mol. The number of carbonyl (C=O) groups is 2. The molecule has 2 aliphatic heterocycles. The summed E-state index contributed by atoms with van der Waals surface area (Å²) >= 11 is 0. The van der Waals surface area contributed by atoms with Crippen molar-refractivity contribution in [3.8, 4) is 0 Å². The fourth-order valence-electron chi connectivity index (χ4n) is 5.79. The number of benzene rings is 1. The van der Waals surface area contributed by atoms with Gasteiger partial charge in [0.15, 0.2) is 0 Å². The van der Waals surface area contributed by atoms with Gasteiger partial charge in [0.2, 0.25) is 5.91 Å². The van der Waals surface area contributed by atoms with Crippen LogP contribution in [-0.4, -0.2) is 69.5 Å². The zero-order chi connectivity index (χ0) is 22.7. The van der Waals surface area contributed by atoms with Gasteiger partial charge in [0.1, 0.15) is 17.9 Å². The molecule has 176 valence electrons. The van der Waals surface area contributed by atoms with Crippen LogP contribution < -0.4 is 15.5 Å². The maximum atomic E-state index is 15.0. The highest BCUT2D eigenvalue weighted by Gasteiger charge is 2.47. The highest BCUT2D eigenvalue weighted by Crippen LogP contribution is 2.51. The zero-order valence-corrected chi connectivity index (χ0v) is 18.8. The highest BCUT2D eigenvalue weighted by molar-refractivity contribution is 5.84. The van der Waals surface area contributed by atoms with E-state index < -0.39 is 23.5 Å². The number of hydrogen-bond acceptors (Lipinski definition) is 5. The molecular formula is C24H34F2N4O2. The van der Waals surface area contributed by atoms with Crippen molar-refractivity contribution in [1.82, 2.24) is 15.5 Å². The molecule has 1 unspecified atom stereocenters. The predicted octanol–water partition coefficient (Wildman–Crippen LogP) is 2.43. The van der Waals surface area contributed by atoms with E-state index >= 15 is 0 Å². The summed E-state index contributed by atoms with van der Waals surface area (Å²) in [5, 5.41) is 5.85. The third kappa shape index (κ3) is 4.66. The lowest BCUT2D eigenvalue weighted by Crippen LogP contribution is -2.58. The van der Waals surface area contributed by atoms with Crippen LogP contribution in [-0.2, 0) is 9.59 Å². The first-order valence-corrected chi connectivity index (χ1v) is 11.8. The number of halogens is 2. The molecule has 1 aromatic carbocycles. The zero-order valence-electron chi connectivity index (χ0n) is 18.8. The summed E-state index contributed by atoms with van der Waals surface area (Å²) in [5.41, 5.74) is 0.659. The first-order chi connectivity index (χ1) is 15.5. The molecule has 6 nitrogen and oxygen atoms in total. The number of anilines is 1. The molecule has 1 spiro atoms. The number of rotatable bonds is 7. The number of piperazine rings is 1. The van der Waals surface area contributed by atoms with Crippen LogP contribution in [0.1, 0.15) is 50.0 Å². The summed E-state index contributed by atoms with van der Waals surface area (Å²) in [6, 6.07) is 3.38. The minimum Gasteiger partial charge on any atom is -0.371 e. The normalized spacial score (nSPS) is 22.4. The van der Waals surface area contributed by atoms with E-state index in [-0.39, 0.29) is 18.4 Å². The fourth-order valence-corrected chi connectivity index (χ4v) is 5.79. The highest BCUT2D eigenvalue weighted by atomic mass is 19.1. The van der Waals surface area contributed by atoms with Gasteiger partial charge in [0.25, 0.3) is 0 Å². The molecule has 0 radical (unpaired) electrons. The molecule has 1 saturated carbocycles. The van der Waals surface area contributed by atoms with Crippen LogP contribution in [0.5, 0.6) is 0 Å². The summed E-state index contributed by atoms with van der Waals surface area (Å²) in [6.45, 7) is 5.97. The Morgan fingerprint density at radius 2 is 1.81 bits per heavy atom. The van der Waals surface area contributed by atoms with Gasteiger partial charge in [-0.2, -0.15) is 0 Å². The van der Waals surface area contributed by atoms with Gasteiger partial charge in [-0.05, 0) is 49.7 Å². The van der Waals surface area contributed by atoms with Crippen LogP contribution in [0.4, 0.5) is 14.5 Å². The van der Waals surface area contributed by atoms with E-state index in [0.717, 1.165) is 52.1 Å². The van der Waals surface area contributed by atoms with Gasteiger partial charge in [-0.15, -0.1) is 0 Å². The smallest absolute Gasteiger partial charge is 0.227 e. The molecule has 1 atom stereocenters. The first-order valence-electron chi connectivity index (χ1n) is 11.8. The molecule has 4 rings (SSSR count). The average molecular weight is 449 g/mol. The third-order valence-electron chi connectivity index (χ3n) is 7.74. The summed E-state index contributed by atoms with van der Waals surface area (Å²) in [4.78, 5) is 27.6. The monoisotopic (exact) mass is 448 g/mol. The van der Waals surface area contributed by atoms with Crippen molar-refractivity contribution < 1.29 is 18.4 Å². The lowest BCUT2D eigenvalue weighted by Gasteiger charge is -2.56. The number of hydrogen-bond donors (Lipinski definition) is 2. The van der Waals surface area contributed by atoms with Crippen molar-refractivity contribution in [2.45, 2.75) is 50.5 Å². The molecule has 2 heterocycles. The molecule has 2 N–H and O–H groups in total. The number of nitrogens with zero attached hydrogens (tertiary/aromatic N) is 2. The van der Waals surface area contributed by atoms with E-state index in [4.69, 9.17) is 0 Å². The maximum absolute atomic E-state index is 15.0. The molecule has 8 heteroatoms. The first kappa shape index (κ1) is 23.1. The Morgan fingerprint density at radius 1 is 1.19 bits per heavy atom. The molecular weight excluding hydrogens is 414 g/mol. The molecule has 3 aliphatic rings. The number of aldehydes is 1. The van der Waals surface area contributed by atoms with E-state index in [1.807, 2.05) is 0 Å². The number of likely N-dealkylation sites (N-methyl/N-ethyl adjacent to an activating group) is 1. The standard InChI is InChI=1S/C24H34F2N4O2/c1-27-23(32)19(3-2-12-31)22-20(25)13-17(14-21(22)26)29-8-4-24(5-9-29)15-18(16-24)30-10-6-28-7-11-30/h12-14,18-19,28H,2-11,15-16H2,1H3,(H,27,32). The van der Waals surface area contributed by atoms with Gasteiger partial charge in [-0.25, -0.2) is 8.78 Å². The number of amides is 1. The third-order valence-corrected chi connectivity index (χ3v) is 7.74. The lowest BCUT2D eigenvalue weighted by atomic mass is 9.60. The second-order valence-corrected chi connectivity index (χ2v) is 9.57. The lowest BCUT2D eigenvalue weighted by molar-refractivity contribution is -0.122. The van der Waals surface area contributed by atoms with E-state index in [1.54, 1.807) is 0 Å². The van der Waals surface area contributed by atoms with Gasteiger partial charge in [-0.1, -0.05) is 0 Å². The molecule has 1 amide bonds. The van der Waals surface area contributed by atoms with Crippen LogP contribution in [0.3, 0.4) is 0 Å². The summed E-state index contributed by atoms with van der Waals surface area (Å²) in [5.74, 6) is -2.94. The number of nitrogens with one attached hydrogen (secondary N) is 2. The maximum Gasteiger partial charge on any atom is 0.227 e. The summed E-state index contributed by atoms with van der Waals surface area (Å²) in [7, 11) is 1.43. The fraction of sp³-hybridized carbons (Fsp3) is 0.667. The molecule has 1 aromatic rings. The van der Waals surface area contributed by atoms with Crippen molar-refractivity contribution in [1.29, 1.82) is 0 Å². The Labute approximate surface area is 188 Å². The van der Waals surface area contributed by atoms with E-state index in [2.05, 4.69) is 20.4 Å². The largest absolute Gasteiger partial charge is 0.371 e. The molecule has 32 heavy (non-hydrogen) atoms. The van der Waals surface area contributed by atoms with Gasteiger partial charge in [-0.3, -0.25) is 9.69 Å². The van der Waals surface area contributed by atoms with Crippen LogP contribution in [0.25, 0.3) is 0 Å². The molecule has 0 bridgehead atoms. The van der Waals surface area contributed by atoms with Crippen LogP contribution in [0.15, 0.2) is 12.1 Å². The van der Waals surface area contributed by atoms with Gasteiger partial charge in [0, 0.05) is 70.0 Å². The Balaban J connectivity index is 1.40. The summed E-state index contributed by atoms with van der Waals surface area (Å²) in [6.07, 6.45) is 5.36. The van der Waals surface area contributed by atoms with Gasteiger partial charge in [0.05, 0.1) is 5.92 Å². The SMILES string of the molecule is CNC(=O)C(CCC=O)c1c(F)cc(N2CCC3(CC2)CC(N2CCNCC2)C3)cc1F. The topological polar surface area (TPSA) is 64.7 Å². The van der Waals surface area contributed by atoms with Crippen LogP contribution in [0.2, 0.25) is 0 Å². The van der Waals surface area contributed by atoms with E-state index in [1.165, 1.54) is 32.0 Å². The minimum absolute atomic E-state index is 0.0713. The Morgan fingerprint density at radius 3 is 2.38 bits per heavy atom. The van der Waals surface area contributed by atoms with Crippen molar-refractivity contribution in [2.24, 2.45) is 5.41 Å². The summed E-state index contributed by atoms with van der Waals surface area (Å²) < 4.78 is 30.0. The van der Waals surface area contributed by atoms with Gasteiger partial charge < -0.3 is 20.3 Å². The molecule has 0 aromatic heterocycles. The van der Waals surface area contributed by atoms with Gasteiger partial charge >= 0.3 is 0 Å². The minimum atomic E-state index is -1.01. The Hall–Kier alpha value is -2.06. The molecule has 2 saturated heterocycles. The quantitative estimate of drug-likeness (QED) is 0.628. The molecule has 1 aliphatic carbocycles. The van der Waals surface area contributed by atoms with Crippen LogP contribution >= 0.6 is 0 Å². The molecule has 3 fully saturated rings. The van der Waals surface area contributed by atoms with E-state index in [0.29, 0.717) is 23.4 Å². The van der Waals surface area contributed by atoms with Crippen molar-refractivity contribution in [3.05, 3.63) is 29.3 Å². The van der Waals surface area contributed by atoms with E-state index in [9.17, 15) is 18.4 Å².